The molecule has 0 spiro atoms. The second-order valence-corrected chi connectivity index (χ2v) is 22.5. The Labute approximate surface area is 658 Å². The largest absolute Gasteiger partial charge is 0.305 e. The fourth-order valence-electron chi connectivity index (χ4n) is 10.1. The molecule has 0 saturated carbocycles. The van der Waals surface area contributed by atoms with E-state index in [1.165, 1.54) is 43.2 Å². The summed E-state index contributed by atoms with van der Waals surface area (Å²) in [7, 11) is 0. The van der Waals surface area contributed by atoms with Gasteiger partial charge in [-0.05, 0) is 152 Å². The number of pyridine rings is 6. The minimum Gasteiger partial charge on any atom is -0.305 e. The van der Waals surface area contributed by atoms with Crippen molar-refractivity contribution in [1.82, 2.24) is 29.9 Å². The molecule has 0 aliphatic rings. The van der Waals surface area contributed by atoms with Gasteiger partial charge in [0.15, 0.2) is 0 Å². The third-order valence-corrected chi connectivity index (χ3v) is 15.2. The Morgan fingerprint density at radius 3 is 0.990 bits per heavy atom. The third-order valence-electron chi connectivity index (χ3n) is 15.2. The average molecular weight is 1890 g/mol. The van der Waals surface area contributed by atoms with Crippen molar-refractivity contribution >= 4 is 0 Å². The quantitative estimate of drug-likeness (QED) is 0.113. The summed E-state index contributed by atoms with van der Waals surface area (Å²) in [5.41, 5.74) is 17.8. The van der Waals surface area contributed by atoms with Gasteiger partial charge in [-0.15, -0.1) is 215 Å². The summed E-state index contributed by atoms with van der Waals surface area (Å²) in [4.78, 5) is 26.0. The maximum absolute atomic E-state index is 14.2. The maximum Gasteiger partial charge on any atom is 0.126 e. The summed E-state index contributed by atoms with van der Waals surface area (Å²) in [6.45, 7) is -0.510. The molecule has 0 saturated heterocycles. The van der Waals surface area contributed by atoms with E-state index in [9.17, 15) is 8.78 Å². The molecular weight excluding hydrogens is 1800 g/mol. The predicted octanol–water partition coefficient (Wildman–Crippen LogP) is 23.2. The molecule has 0 aliphatic carbocycles. The molecule has 2 unspecified atom stereocenters. The number of nitrogens with zero attached hydrogens (tertiary/aromatic N) is 6. The standard InChI is InChI=1S/C21H19FN.C20H17FN.C18H14N.3C11H8N.3Ir/c1-15(2)12-19-13-17(8-10-20(19)22)18-9-11-21(23-14-18)16-6-4-3-5-7-16;1-14(2)18-12-16(8-10-19(18)21)17-9-11-20(22-13-17)15-6-4-3-5-7-15;1-14-7-5-6-10-17(14)16-11-12-18(19-13-16)15-8-3-2-4-9-15;3*1-2-6-10(7-3-1)11-8-4-5-9-12-11;;;/h3-6,8-11,13-15H,12H2,1-2H3;3-6,8-14H,1-2H3;2-8,10-13H,1H3;3*1-6,8-9H;;;/q6*-1;;;/i1D3,15D;1D3,14D;;;;;;;. The summed E-state index contributed by atoms with van der Waals surface area (Å²) >= 11 is 0. The van der Waals surface area contributed by atoms with Gasteiger partial charge in [-0.1, -0.05) is 137 Å². The second-order valence-electron chi connectivity index (χ2n) is 22.5. The third kappa shape index (κ3) is 24.7. The summed E-state index contributed by atoms with van der Waals surface area (Å²) in [5, 5.41) is 0. The van der Waals surface area contributed by atoms with Crippen molar-refractivity contribution in [2.75, 3.05) is 0 Å². The molecule has 3 radical (unpaired) electrons. The summed E-state index contributed by atoms with van der Waals surface area (Å²) in [6.07, 6.45) is 10.4. The van der Waals surface area contributed by atoms with Crippen LogP contribution >= 0.6 is 0 Å². The maximum atomic E-state index is 14.2. The zero-order valence-electron chi connectivity index (χ0n) is 64.4. The molecule has 0 bridgehead atoms. The van der Waals surface area contributed by atoms with E-state index >= 15 is 0 Å². The van der Waals surface area contributed by atoms with E-state index in [1.807, 2.05) is 231 Å². The molecule has 9 aromatic carbocycles. The zero-order chi connectivity index (χ0) is 76.4. The first-order valence-electron chi connectivity index (χ1n) is 36.2. The first-order valence-corrected chi connectivity index (χ1v) is 32.2. The van der Waals surface area contributed by atoms with Gasteiger partial charge in [0, 0.05) is 108 Å². The molecular formula is C92H74F2Ir3N6-6. The Bertz CT molecular complexity index is 4910. The van der Waals surface area contributed by atoms with Crippen molar-refractivity contribution in [3.8, 4) is 101 Å². The van der Waals surface area contributed by atoms with Crippen molar-refractivity contribution < 1.29 is 80.1 Å². The van der Waals surface area contributed by atoms with Crippen molar-refractivity contribution in [3.63, 3.8) is 0 Å². The van der Waals surface area contributed by atoms with E-state index in [-0.39, 0.29) is 77.9 Å². The number of hydrogen-bond donors (Lipinski definition) is 0. The van der Waals surface area contributed by atoms with Crippen LogP contribution < -0.4 is 0 Å². The monoisotopic (exact) mass is 1890 g/mol. The second kappa shape index (κ2) is 42.8. The van der Waals surface area contributed by atoms with Crippen LogP contribution in [0.2, 0.25) is 0 Å². The normalized spacial score (nSPS) is 12.6. The molecule has 0 amide bonds. The van der Waals surface area contributed by atoms with Gasteiger partial charge in [-0.2, -0.15) is 0 Å². The van der Waals surface area contributed by atoms with Gasteiger partial charge in [0.1, 0.15) is 11.6 Å². The van der Waals surface area contributed by atoms with Gasteiger partial charge in [-0.25, -0.2) is 8.78 Å². The Balaban J connectivity index is 0.000000190. The van der Waals surface area contributed by atoms with Gasteiger partial charge >= 0.3 is 0 Å². The smallest absolute Gasteiger partial charge is 0.126 e. The van der Waals surface area contributed by atoms with E-state index in [1.54, 1.807) is 55.2 Å². The van der Waals surface area contributed by atoms with Gasteiger partial charge in [-0.3, -0.25) is 0 Å². The van der Waals surface area contributed by atoms with Gasteiger partial charge < -0.3 is 29.9 Å². The molecule has 11 heteroatoms. The molecule has 15 aromatic rings. The summed E-state index contributed by atoms with van der Waals surface area (Å²) in [6, 6.07) is 111. The molecule has 6 aromatic heterocycles. The molecule has 2 atom stereocenters. The minimum atomic E-state index is -2.64. The Kier molecular flexibility index (Phi) is 28.5. The molecule has 6 nitrogen and oxygen atoms in total. The van der Waals surface area contributed by atoms with Crippen LogP contribution in [0.3, 0.4) is 0 Å². The fourth-order valence-corrected chi connectivity index (χ4v) is 10.1. The summed E-state index contributed by atoms with van der Waals surface area (Å²) in [5.74, 6) is -5.02. The van der Waals surface area contributed by atoms with Crippen LogP contribution in [0.25, 0.3) is 101 Å². The van der Waals surface area contributed by atoms with E-state index in [2.05, 4.69) is 104 Å². The van der Waals surface area contributed by atoms with E-state index < -0.39 is 37.1 Å². The van der Waals surface area contributed by atoms with Crippen LogP contribution in [0, 0.1) is 60.9 Å². The average Bonchev–Trinajstić information content (AvgIpc) is 0.779. The summed E-state index contributed by atoms with van der Waals surface area (Å²) < 4.78 is 89.7. The number of benzene rings is 9. The van der Waals surface area contributed by atoms with Crippen LogP contribution in [0.5, 0.6) is 0 Å². The van der Waals surface area contributed by atoms with Gasteiger partial charge in [0.25, 0.3) is 0 Å². The van der Waals surface area contributed by atoms with Crippen LogP contribution in [0.4, 0.5) is 8.78 Å². The van der Waals surface area contributed by atoms with E-state index in [0.29, 0.717) is 11.1 Å². The zero-order valence-corrected chi connectivity index (χ0v) is 63.6. The molecule has 6 heterocycles. The van der Waals surface area contributed by atoms with E-state index in [4.69, 9.17) is 11.0 Å². The van der Waals surface area contributed by atoms with Crippen molar-refractivity contribution in [1.29, 1.82) is 0 Å². The van der Waals surface area contributed by atoms with Crippen molar-refractivity contribution in [3.05, 3.63) is 399 Å². The van der Waals surface area contributed by atoms with Crippen LogP contribution in [0.15, 0.2) is 334 Å². The van der Waals surface area contributed by atoms with Crippen LogP contribution in [0.1, 0.15) is 61.1 Å². The van der Waals surface area contributed by atoms with Gasteiger partial charge in [0.2, 0.25) is 0 Å². The predicted molar refractivity (Wildman–Crippen MR) is 405 cm³/mol. The number of aryl methyl sites for hydroxylation is 1. The number of hydrogen-bond acceptors (Lipinski definition) is 6. The first kappa shape index (κ1) is 68.5. The Morgan fingerprint density at radius 1 is 0.340 bits per heavy atom. The number of aromatic nitrogens is 6. The SMILES string of the molecule is Cc1ccccc1-c1ccc(-c2[c-]cccc2)nc1.[2H]C([2H])([2H])C([2H])(C)Cc1cc(-c2ccc(-c3[c-]cccc3)nc2)ccc1F.[2H]C([2H])([2H])C([2H])(C)c1cc(-c2ccc(-c3[c-]cccc3)nc2)ccc1F.[Ir].[Ir].[Ir].[c-]1ccccc1-c1ccccn1.[c-]1ccccc1-c1ccccn1.[c-]1ccccc1-c1ccccn1. The minimum absolute atomic E-state index is 0. The molecule has 15 rings (SSSR count). The van der Waals surface area contributed by atoms with Crippen molar-refractivity contribution in [2.45, 2.75) is 46.8 Å². The molecule has 0 N–H and O–H groups in total. The fraction of sp³-hybridized carbons (Fsp3) is 0.0870. The van der Waals surface area contributed by atoms with Crippen LogP contribution in [-0.2, 0) is 66.7 Å². The first-order chi connectivity index (χ1) is 52.1. The number of rotatable bonds is 12. The Hall–Kier alpha value is -10.3. The van der Waals surface area contributed by atoms with Crippen LogP contribution in [-0.4, -0.2) is 29.9 Å². The molecule has 0 fully saturated rings. The topological polar surface area (TPSA) is 77.3 Å². The molecule has 0 aliphatic heterocycles. The number of halogens is 2. The molecule has 103 heavy (non-hydrogen) atoms. The van der Waals surface area contributed by atoms with Crippen molar-refractivity contribution in [2.24, 2.45) is 5.89 Å². The Morgan fingerprint density at radius 2 is 0.670 bits per heavy atom. The van der Waals surface area contributed by atoms with Gasteiger partial charge in [0.05, 0.1) is 0 Å². The molecule has 519 valence electrons. The van der Waals surface area contributed by atoms with E-state index in [0.717, 1.165) is 84.2 Å².